The lowest BCUT2D eigenvalue weighted by Gasteiger charge is -2.29. The largest absolute Gasteiger partial charge is 0.482 e. The third-order valence-corrected chi connectivity index (χ3v) is 5.20. The molecule has 0 radical (unpaired) electrons. The molecule has 6 heteroatoms. The number of furan rings is 1. The van der Waals surface area contributed by atoms with E-state index in [2.05, 4.69) is 12.2 Å². The Morgan fingerprint density at radius 3 is 2.79 bits per heavy atom. The van der Waals surface area contributed by atoms with Crippen molar-refractivity contribution in [2.75, 3.05) is 23.4 Å². The van der Waals surface area contributed by atoms with Gasteiger partial charge in [0.15, 0.2) is 12.4 Å². The first-order chi connectivity index (χ1) is 14.0. The predicted molar refractivity (Wildman–Crippen MR) is 113 cm³/mol. The van der Waals surface area contributed by atoms with Crippen molar-refractivity contribution in [1.29, 1.82) is 0 Å². The number of carbonyl (C=O) groups is 2. The molecule has 6 nitrogen and oxygen atoms in total. The zero-order valence-corrected chi connectivity index (χ0v) is 16.9. The predicted octanol–water partition coefficient (Wildman–Crippen LogP) is 4.83. The minimum Gasteiger partial charge on any atom is -0.482 e. The standard InChI is InChI=1S/C23H24N2O4/c1-4-5-10-25-18-12-16(7-9-19(18)28-13-21(25)26)24-23(27)22-15(3)17-8-6-14(2)11-20(17)29-22/h6-9,11-12H,4-5,10,13H2,1-3H3,(H,24,27). The second kappa shape index (κ2) is 7.62. The lowest BCUT2D eigenvalue weighted by Crippen LogP contribution is -2.39. The topological polar surface area (TPSA) is 71.8 Å². The van der Waals surface area contributed by atoms with Crippen molar-refractivity contribution in [3.8, 4) is 5.75 Å². The molecule has 2 aromatic carbocycles. The molecule has 0 unspecified atom stereocenters. The van der Waals surface area contributed by atoms with E-state index in [0.717, 1.165) is 29.4 Å². The highest BCUT2D eigenvalue weighted by molar-refractivity contribution is 6.07. The van der Waals surface area contributed by atoms with Gasteiger partial charge in [-0.3, -0.25) is 9.59 Å². The van der Waals surface area contributed by atoms with Crippen LogP contribution in [0.2, 0.25) is 0 Å². The summed E-state index contributed by atoms with van der Waals surface area (Å²) in [5.41, 5.74) is 3.85. The summed E-state index contributed by atoms with van der Waals surface area (Å²) in [4.78, 5) is 26.9. The summed E-state index contributed by atoms with van der Waals surface area (Å²) in [6, 6.07) is 11.2. The molecule has 0 saturated heterocycles. The fraction of sp³-hybridized carbons (Fsp3) is 0.304. The number of amides is 2. The molecule has 2 heterocycles. The van der Waals surface area contributed by atoms with Crippen LogP contribution in [0.25, 0.3) is 11.0 Å². The maximum absolute atomic E-state index is 12.9. The Morgan fingerprint density at radius 1 is 1.17 bits per heavy atom. The Kier molecular flexibility index (Phi) is 5.01. The summed E-state index contributed by atoms with van der Waals surface area (Å²) in [5, 5.41) is 3.82. The second-order valence-corrected chi connectivity index (χ2v) is 7.38. The fourth-order valence-electron chi connectivity index (χ4n) is 3.58. The first-order valence-corrected chi connectivity index (χ1v) is 9.86. The van der Waals surface area contributed by atoms with Gasteiger partial charge in [-0.1, -0.05) is 25.5 Å². The number of nitrogens with one attached hydrogen (secondary N) is 1. The first kappa shape index (κ1) is 19.1. The van der Waals surface area contributed by atoms with Gasteiger partial charge >= 0.3 is 0 Å². The normalized spacial score (nSPS) is 13.3. The van der Waals surface area contributed by atoms with Crippen molar-refractivity contribution >= 4 is 34.2 Å². The Morgan fingerprint density at radius 2 is 2.00 bits per heavy atom. The summed E-state index contributed by atoms with van der Waals surface area (Å²) in [6.07, 6.45) is 1.89. The minimum atomic E-state index is -0.320. The lowest BCUT2D eigenvalue weighted by molar-refractivity contribution is -0.121. The maximum atomic E-state index is 12.9. The number of fused-ring (bicyclic) bond motifs is 2. The molecular weight excluding hydrogens is 368 g/mol. The quantitative estimate of drug-likeness (QED) is 0.675. The molecule has 0 bridgehead atoms. The zero-order valence-electron chi connectivity index (χ0n) is 16.9. The first-order valence-electron chi connectivity index (χ1n) is 9.86. The number of benzene rings is 2. The van der Waals surface area contributed by atoms with Crippen LogP contribution in [-0.4, -0.2) is 25.0 Å². The van der Waals surface area contributed by atoms with Crippen LogP contribution in [0, 0.1) is 13.8 Å². The van der Waals surface area contributed by atoms with Gasteiger partial charge in [-0.2, -0.15) is 0 Å². The van der Waals surface area contributed by atoms with Crippen molar-refractivity contribution in [3.63, 3.8) is 0 Å². The molecule has 3 aromatic rings. The number of hydrogen-bond donors (Lipinski definition) is 1. The molecule has 0 fully saturated rings. The Hall–Kier alpha value is -3.28. The molecule has 4 rings (SSSR count). The Labute approximate surface area is 169 Å². The van der Waals surface area contributed by atoms with E-state index in [4.69, 9.17) is 9.15 Å². The van der Waals surface area contributed by atoms with Crippen LogP contribution in [0.4, 0.5) is 11.4 Å². The molecule has 1 aliphatic heterocycles. The molecule has 0 saturated carbocycles. The number of carbonyl (C=O) groups excluding carboxylic acids is 2. The molecule has 0 aliphatic carbocycles. The summed E-state index contributed by atoms with van der Waals surface area (Å²) < 4.78 is 11.4. The molecule has 1 aromatic heterocycles. The molecule has 150 valence electrons. The number of ether oxygens (including phenoxy) is 1. The van der Waals surface area contributed by atoms with Crippen LogP contribution in [0.1, 0.15) is 41.4 Å². The number of hydrogen-bond acceptors (Lipinski definition) is 4. The van der Waals surface area contributed by atoms with Crippen molar-refractivity contribution in [3.05, 3.63) is 53.3 Å². The van der Waals surface area contributed by atoms with Gasteiger partial charge in [0, 0.05) is 23.2 Å². The van der Waals surface area contributed by atoms with E-state index < -0.39 is 0 Å². The Bertz CT molecular complexity index is 1100. The fourth-order valence-corrected chi connectivity index (χ4v) is 3.58. The lowest BCUT2D eigenvalue weighted by atomic mass is 10.1. The van der Waals surface area contributed by atoms with Crippen LogP contribution in [0.3, 0.4) is 0 Å². The third-order valence-electron chi connectivity index (χ3n) is 5.20. The molecule has 0 atom stereocenters. The van der Waals surface area contributed by atoms with Crippen molar-refractivity contribution in [2.24, 2.45) is 0 Å². The van der Waals surface area contributed by atoms with Gasteiger partial charge < -0.3 is 19.4 Å². The average molecular weight is 392 g/mol. The molecule has 1 N–H and O–H groups in total. The van der Waals surface area contributed by atoms with Crippen molar-refractivity contribution in [2.45, 2.75) is 33.6 Å². The average Bonchev–Trinajstić information content (AvgIpc) is 3.03. The molecule has 1 aliphatic rings. The third kappa shape index (κ3) is 3.58. The van der Waals surface area contributed by atoms with Gasteiger partial charge in [-0.05, 0) is 50.1 Å². The molecular formula is C23H24N2O4. The van der Waals surface area contributed by atoms with E-state index in [0.29, 0.717) is 35.0 Å². The number of rotatable bonds is 5. The number of unbranched alkanes of at least 4 members (excludes halogenated alkanes) is 1. The SMILES string of the molecule is CCCCN1C(=O)COc2ccc(NC(=O)c3oc4cc(C)ccc4c3C)cc21. The van der Waals surface area contributed by atoms with Crippen LogP contribution in [0.5, 0.6) is 5.75 Å². The highest BCUT2D eigenvalue weighted by atomic mass is 16.5. The number of nitrogens with zero attached hydrogens (tertiary/aromatic N) is 1. The van der Waals surface area contributed by atoms with Crippen molar-refractivity contribution < 1.29 is 18.7 Å². The van der Waals surface area contributed by atoms with Crippen LogP contribution in [-0.2, 0) is 4.79 Å². The smallest absolute Gasteiger partial charge is 0.291 e. The molecule has 2 amide bonds. The zero-order chi connectivity index (χ0) is 20.5. The van der Waals surface area contributed by atoms with E-state index in [-0.39, 0.29) is 18.4 Å². The van der Waals surface area contributed by atoms with E-state index in [1.165, 1.54) is 0 Å². The van der Waals surface area contributed by atoms with Gasteiger partial charge in [0.25, 0.3) is 11.8 Å². The summed E-state index contributed by atoms with van der Waals surface area (Å²) in [5.74, 6) is 0.546. The molecule has 0 spiro atoms. The van der Waals surface area contributed by atoms with Crippen LogP contribution in [0.15, 0.2) is 40.8 Å². The van der Waals surface area contributed by atoms with Gasteiger partial charge in [0.2, 0.25) is 0 Å². The van der Waals surface area contributed by atoms with Gasteiger partial charge in [0.1, 0.15) is 11.3 Å². The number of anilines is 2. The maximum Gasteiger partial charge on any atom is 0.291 e. The summed E-state index contributed by atoms with van der Waals surface area (Å²) in [6.45, 7) is 6.62. The van der Waals surface area contributed by atoms with Gasteiger partial charge in [-0.15, -0.1) is 0 Å². The summed E-state index contributed by atoms with van der Waals surface area (Å²) >= 11 is 0. The van der Waals surface area contributed by atoms with E-state index in [1.54, 1.807) is 23.1 Å². The highest BCUT2D eigenvalue weighted by Gasteiger charge is 2.26. The number of aryl methyl sites for hydroxylation is 2. The van der Waals surface area contributed by atoms with E-state index in [1.807, 2.05) is 32.0 Å². The minimum absolute atomic E-state index is 0.0417. The van der Waals surface area contributed by atoms with Crippen molar-refractivity contribution in [1.82, 2.24) is 0 Å². The van der Waals surface area contributed by atoms with E-state index >= 15 is 0 Å². The van der Waals surface area contributed by atoms with Crippen LogP contribution < -0.4 is 15.0 Å². The van der Waals surface area contributed by atoms with Gasteiger partial charge in [-0.25, -0.2) is 0 Å². The second-order valence-electron chi connectivity index (χ2n) is 7.38. The van der Waals surface area contributed by atoms with Crippen LogP contribution >= 0.6 is 0 Å². The monoisotopic (exact) mass is 392 g/mol. The summed E-state index contributed by atoms with van der Waals surface area (Å²) in [7, 11) is 0. The van der Waals surface area contributed by atoms with Gasteiger partial charge in [0.05, 0.1) is 5.69 Å². The Balaban J connectivity index is 1.62. The van der Waals surface area contributed by atoms with E-state index in [9.17, 15) is 9.59 Å². The highest BCUT2D eigenvalue weighted by Crippen LogP contribution is 2.35. The molecule has 29 heavy (non-hydrogen) atoms.